The van der Waals surface area contributed by atoms with Crippen molar-refractivity contribution in [2.75, 3.05) is 7.05 Å². The van der Waals surface area contributed by atoms with Crippen LogP contribution in [0.25, 0.3) is 0 Å². The van der Waals surface area contributed by atoms with Crippen LogP contribution in [0.3, 0.4) is 0 Å². The van der Waals surface area contributed by atoms with Crippen LogP contribution in [0, 0.1) is 5.92 Å². The van der Waals surface area contributed by atoms with Gasteiger partial charge in [-0.05, 0) is 29.7 Å². The zero-order valence-electron chi connectivity index (χ0n) is 11.2. The number of carbonyl (C=O) groups is 1. The molecule has 0 saturated carbocycles. The molecule has 2 N–H and O–H groups in total. The normalized spacial score (nSPS) is 11.9. The Morgan fingerprint density at radius 3 is 2.16 bits per heavy atom. The van der Waals surface area contributed by atoms with Crippen molar-refractivity contribution >= 4 is 41.5 Å². The largest absolute Gasteiger partial charge is 0.340 e. The van der Waals surface area contributed by atoms with E-state index in [1.54, 1.807) is 30.1 Å². The quantitative estimate of drug-likeness (QED) is 0.922. The molecule has 0 aromatic heterocycles. The van der Waals surface area contributed by atoms with Gasteiger partial charge in [0, 0.05) is 23.6 Å². The second-order valence-electron chi connectivity index (χ2n) is 4.74. The van der Waals surface area contributed by atoms with Crippen molar-refractivity contribution in [1.29, 1.82) is 0 Å². The van der Waals surface area contributed by atoms with Crippen molar-refractivity contribution in [1.82, 2.24) is 4.90 Å². The summed E-state index contributed by atoms with van der Waals surface area (Å²) < 4.78 is 0. The standard InChI is InChI=1S/C13H18Cl2N2O.ClH/c1-8(2)12(16)13(18)17(3)7-9-4-10(14)6-11(15)5-9;/h4-6,8,12H,7,16H2,1-3H3;1H/t12-;/m1./s1. The predicted octanol–water partition coefficient (Wildman–Crippen LogP) is 3.36. The average Bonchev–Trinajstić information content (AvgIpc) is 2.25. The Hall–Kier alpha value is -0.480. The van der Waals surface area contributed by atoms with Crippen molar-refractivity contribution in [2.45, 2.75) is 26.4 Å². The van der Waals surface area contributed by atoms with Crippen molar-refractivity contribution in [3.63, 3.8) is 0 Å². The molecule has 0 saturated heterocycles. The molecule has 1 atom stereocenters. The molecule has 0 spiro atoms. The number of carbonyl (C=O) groups excluding carboxylic acids is 1. The second kappa shape index (κ2) is 7.95. The van der Waals surface area contributed by atoms with E-state index in [-0.39, 0.29) is 24.2 Å². The number of halogens is 3. The number of rotatable bonds is 4. The van der Waals surface area contributed by atoms with E-state index in [0.29, 0.717) is 16.6 Å². The van der Waals surface area contributed by atoms with E-state index in [2.05, 4.69) is 0 Å². The summed E-state index contributed by atoms with van der Waals surface area (Å²) in [4.78, 5) is 13.6. The summed E-state index contributed by atoms with van der Waals surface area (Å²) >= 11 is 11.8. The Kier molecular flexibility index (Phi) is 7.75. The van der Waals surface area contributed by atoms with Crippen LogP contribution in [0.4, 0.5) is 0 Å². The molecule has 0 radical (unpaired) electrons. The number of amides is 1. The Morgan fingerprint density at radius 2 is 1.74 bits per heavy atom. The SMILES string of the molecule is CC(C)[C@@H](N)C(=O)N(C)Cc1cc(Cl)cc(Cl)c1.Cl. The zero-order valence-corrected chi connectivity index (χ0v) is 13.5. The number of hydrogen-bond donors (Lipinski definition) is 1. The third-order valence-electron chi connectivity index (χ3n) is 2.72. The monoisotopic (exact) mass is 324 g/mol. The second-order valence-corrected chi connectivity index (χ2v) is 5.61. The summed E-state index contributed by atoms with van der Waals surface area (Å²) in [6.45, 7) is 4.29. The lowest BCUT2D eigenvalue weighted by Gasteiger charge is -2.23. The molecule has 0 aliphatic heterocycles. The first-order valence-corrected chi connectivity index (χ1v) is 6.52. The topological polar surface area (TPSA) is 46.3 Å². The first-order valence-electron chi connectivity index (χ1n) is 5.76. The molecular weight excluding hydrogens is 307 g/mol. The molecule has 108 valence electrons. The minimum absolute atomic E-state index is 0. The summed E-state index contributed by atoms with van der Waals surface area (Å²) in [6, 6.07) is 4.76. The predicted molar refractivity (Wildman–Crippen MR) is 83.0 cm³/mol. The summed E-state index contributed by atoms with van der Waals surface area (Å²) in [6.07, 6.45) is 0. The molecule has 3 nitrogen and oxygen atoms in total. The van der Waals surface area contributed by atoms with Crippen molar-refractivity contribution < 1.29 is 4.79 Å². The van der Waals surface area contributed by atoms with E-state index in [1.165, 1.54) is 0 Å². The molecule has 0 heterocycles. The molecule has 0 unspecified atom stereocenters. The maximum atomic E-state index is 12.0. The minimum Gasteiger partial charge on any atom is -0.340 e. The Morgan fingerprint density at radius 1 is 1.26 bits per heavy atom. The van der Waals surface area contributed by atoms with E-state index >= 15 is 0 Å². The minimum atomic E-state index is -0.482. The van der Waals surface area contributed by atoms with Gasteiger partial charge >= 0.3 is 0 Å². The third-order valence-corrected chi connectivity index (χ3v) is 3.16. The van der Waals surface area contributed by atoms with Gasteiger partial charge in [-0.25, -0.2) is 0 Å². The summed E-state index contributed by atoms with van der Waals surface area (Å²) in [7, 11) is 1.72. The fourth-order valence-electron chi connectivity index (χ4n) is 1.59. The highest BCUT2D eigenvalue weighted by molar-refractivity contribution is 6.34. The number of nitrogens with two attached hydrogens (primary N) is 1. The molecule has 0 fully saturated rings. The van der Waals surface area contributed by atoms with Gasteiger partial charge in [0.15, 0.2) is 0 Å². The Labute approximate surface area is 130 Å². The van der Waals surface area contributed by atoms with Gasteiger partial charge in [0.2, 0.25) is 5.91 Å². The van der Waals surface area contributed by atoms with Gasteiger partial charge in [-0.15, -0.1) is 12.4 Å². The molecule has 1 aromatic carbocycles. The third kappa shape index (κ3) is 5.57. The van der Waals surface area contributed by atoms with Gasteiger partial charge in [0.25, 0.3) is 0 Å². The maximum absolute atomic E-state index is 12.0. The van der Waals surface area contributed by atoms with Crippen LogP contribution in [0.1, 0.15) is 19.4 Å². The molecule has 1 rings (SSSR count). The van der Waals surface area contributed by atoms with Crippen LogP contribution in [0.15, 0.2) is 18.2 Å². The summed E-state index contributed by atoms with van der Waals surface area (Å²) in [5.74, 6) is 0.0315. The molecular formula is C13H19Cl3N2O. The van der Waals surface area contributed by atoms with Gasteiger partial charge < -0.3 is 10.6 Å². The fraction of sp³-hybridized carbons (Fsp3) is 0.462. The lowest BCUT2D eigenvalue weighted by atomic mass is 10.0. The van der Waals surface area contributed by atoms with Crippen LogP contribution >= 0.6 is 35.6 Å². The molecule has 1 aromatic rings. The van der Waals surface area contributed by atoms with Crippen molar-refractivity contribution in [3.8, 4) is 0 Å². The summed E-state index contributed by atoms with van der Waals surface area (Å²) in [5.41, 5.74) is 6.72. The van der Waals surface area contributed by atoms with E-state index in [1.807, 2.05) is 13.8 Å². The van der Waals surface area contributed by atoms with E-state index < -0.39 is 6.04 Å². The van der Waals surface area contributed by atoms with Crippen LogP contribution in [-0.4, -0.2) is 23.9 Å². The molecule has 6 heteroatoms. The highest BCUT2D eigenvalue weighted by Crippen LogP contribution is 2.20. The first kappa shape index (κ1) is 18.5. The van der Waals surface area contributed by atoms with Gasteiger partial charge in [-0.3, -0.25) is 4.79 Å². The highest BCUT2D eigenvalue weighted by Gasteiger charge is 2.21. The van der Waals surface area contributed by atoms with E-state index in [9.17, 15) is 4.79 Å². The zero-order chi connectivity index (χ0) is 13.9. The average molecular weight is 326 g/mol. The lowest BCUT2D eigenvalue weighted by molar-refractivity contribution is -0.132. The van der Waals surface area contributed by atoms with Crippen molar-refractivity contribution in [2.24, 2.45) is 11.7 Å². The van der Waals surface area contributed by atoms with E-state index in [4.69, 9.17) is 28.9 Å². The van der Waals surface area contributed by atoms with Gasteiger partial charge in [-0.2, -0.15) is 0 Å². The van der Waals surface area contributed by atoms with Gasteiger partial charge in [-0.1, -0.05) is 37.0 Å². The molecule has 0 aliphatic carbocycles. The Bertz CT molecular complexity index is 418. The lowest BCUT2D eigenvalue weighted by Crippen LogP contribution is -2.44. The van der Waals surface area contributed by atoms with Crippen LogP contribution in [-0.2, 0) is 11.3 Å². The van der Waals surface area contributed by atoms with Crippen LogP contribution in [0.2, 0.25) is 10.0 Å². The van der Waals surface area contributed by atoms with Gasteiger partial charge in [0.1, 0.15) is 0 Å². The smallest absolute Gasteiger partial charge is 0.239 e. The number of nitrogens with zero attached hydrogens (tertiary/aromatic N) is 1. The van der Waals surface area contributed by atoms with Crippen LogP contribution in [0.5, 0.6) is 0 Å². The Balaban J connectivity index is 0.00000324. The number of benzene rings is 1. The van der Waals surface area contributed by atoms with Crippen molar-refractivity contribution in [3.05, 3.63) is 33.8 Å². The summed E-state index contributed by atoms with van der Waals surface area (Å²) in [5, 5.41) is 1.12. The molecule has 19 heavy (non-hydrogen) atoms. The fourth-order valence-corrected chi connectivity index (χ4v) is 2.16. The van der Waals surface area contributed by atoms with Crippen LogP contribution < -0.4 is 5.73 Å². The van der Waals surface area contributed by atoms with Gasteiger partial charge in [0.05, 0.1) is 6.04 Å². The first-order chi connectivity index (χ1) is 8.31. The molecule has 0 aliphatic rings. The molecule has 0 bridgehead atoms. The molecule has 1 amide bonds. The number of likely N-dealkylation sites (N-methyl/N-ethyl adjacent to an activating group) is 1. The highest BCUT2D eigenvalue weighted by atomic mass is 35.5. The maximum Gasteiger partial charge on any atom is 0.239 e. The van der Waals surface area contributed by atoms with E-state index in [0.717, 1.165) is 5.56 Å². The number of hydrogen-bond acceptors (Lipinski definition) is 2.